The molecule has 0 bridgehead atoms. The van der Waals surface area contributed by atoms with Crippen molar-refractivity contribution in [2.75, 3.05) is 6.61 Å². The third kappa shape index (κ3) is 3.42. The molecule has 0 fully saturated rings. The molecule has 6 nitrogen and oxygen atoms in total. The number of halogens is 1. The number of nitriles is 1. The molecule has 18 heavy (non-hydrogen) atoms. The van der Waals surface area contributed by atoms with Gasteiger partial charge < -0.3 is 10.5 Å². The Hall–Kier alpha value is -1.65. The average molecular weight is 314 g/mol. The van der Waals surface area contributed by atoms with Crippen LogP contribution in [0, 0.1) is 28.4 Å². The van der Waals surface area contributed by atoms with Crippen molar-refractivity contribution in [1.29, 1.82) is 5.26 Å². The Labute approximate surface area is 113 Å². The smallest absolute Gasteiger partial charge is 0.312 e. The van der Waals surface area contributed by atoms with Gasteiger partial charge in [0.05, 0.1) is 11.0 Å². The molecule has 1 atom stereocenters. The monoisotopic (exact) mass is 313 g/mol. The molecular weight excluding hydrogens is 302 g/mol. The lowest BCUT2D eigenvalue weighted by molar-refractivity contribution is -0.386. The van der Waals surface area contributed by atoms with Crippen LogP contribution in [0.4, 0.5) is 5.69 Å². The molecule has 0 heterocycles. The Kier molecular flexibility index (Phi) is 4.27. The van der Waals surface area contributed by atoms with E-state index in [1.807, 2.05) is 6.07 Å². The van der Waals surface area contributed by atoms with Crippen molar-refractivity contribution in [3.05, 3.63) is 32.3 Å². The van der Waals surface area contributed by atoms with Gasteiger partial charge in [-0.25, -0.2) is 0 Å². The summed E-state index contributed by atoms with van der Waals surface area (Å²) in [6.45, 7) is 3.06. The van der Waals surface area contributed by atoms with E-state index in [1.165, 1.54) is 13.0 Å². The fourth-order valence-corrected chi connectivity index (χ4v) is 1.85. The second-order valence-electron chi connectivity index (χ2n) is 4.15. The number of benzene rings is 1. The van der Waals surface area contributed by atoms with Crippen molar-refractivity contribution in [3.63, 3.8) is 0 Å². The van der Waals surface area contributed by atoms with Gasteiger partial charge in [0.15, 0.2) is 5.75 Å². The van der Waals surface area contributed by atoms with Crippen LogP contribution < -0.4 is 10.5 Å². The Morgan fingerprint density at radius 2 is 2.28 bits per heavy atom. The van der Waals surface area contributed by atoms with Crippen LogP contribution in [-0.2, 0) is 0 Å². The van der Waals surface area contributed by atoms with Gasteiger partial charge in [-0.1, -0.05) is 15.9 Å². The van der Waals surface area contributed by atoms with E-state index in [9.17, 15) is 10.1 Å². The number of nitro groups is 1. The molecule has 96 valence electrons. The van der Waals surface area contributed by atoms with Crippen LogP contribution >= 0.6 is 15.9 Å². The van der Waals surface area contributed by atoms with Gasteiger partial charge in [0.25, 0.3) is 0 Å². The number of rotatable bonds is 4. The van der Waals surface area contributed by atoms with E-state index in [1.54, 1.807) is 13.0 Å². The molecule has 1 aromatic rings. The average Bonchev–Trinajstić information content (AvgIpc) is 2.26. The number of nitrogens with zero attached hydrogens (tertiary/aromatic N) is 2. The van der Waals surface area contributed by atoms with Crippen molar-refractivity contribution in [2.24, 2.45) is 5.73 Å². The molecule has 0 aliphatic rings. The summed E-state index contributed by atoms with van der Waals surface area (Å²) in [7, 11) is 0. The fraction of sp³-hybridized carbons (Fsp3) is 0.364. The number of aryl methyl sites for hydroxylation is 1. The van der Waals surface area contributed by atoms with E-state index >= 15 is 0 Å². The predicted molar refractivity (Wildman–Crippen MR) is 69.2 cm³/mol. The highest BCUT2D eigenvalue weighted by atomic mass is 79.9. The van der Waals surface area contributed by atoms with Crippen molar-refractivity contribution in [1.82, 2.24) is 0 Å². The Bertz CT molecular complexity index is 523. The first-order chi connectivity index (χ1) is 8.26. The van der Waals surface area contributed by atoms with Gasteiger partial charge in [-0.2, -0.15) is 5.26 Å². The lowest BCUT2D eigenvalue weighted by atomic mass is 10.1. The second-order valence-corrected chi connectivity index (χ2v) is 5.06. The van der Waals surface area contributed by atoms with Crippen LogP contribution in [0.15, 0.2) is 16.6 Å². The first-order valence-electron chi connectivity index (χ1n) is 5.04. The van der Waals surface area contributed by atoms with E-state index in [0.717, 1.165) is 0 Å². The minimum atomic E-state index is -1.19. The van der Waals surface area contributed by atoms with Crippen LogP contribution in [0.2, 0.25) is 0 Å². The molecule has 1 aromatic carbocycles. The molecule has 0 aliphatic carbocycles. The topological polar surface area (TPSA) is 102 Å². The number of nitro benzene ring substituents is 1. The van der Waals surface area contributed by atoms with Crippen molar-refractivity contribution in [2.45, 2.75) is 19.4 Å². The summed E-state index contributed by atoms with van der Waals surface area (Å²) >= 11 is 3.18. The maximum absolute atomic E-state index is 10.9. The van der Waals surface area contributed by atoms with Gasteiger partial charge in [0, 0.05) is 10.5 Å². The predicted octanol–water partition coefficient (Wildman–Crippen LogP) is 2.29. The van der Waals surface area contributed by atoms with Crippen molar-refractivity contribution < 1.29 is 9.66 Å². The molecule has 0 saturated heterocycles. The van der Waals surface area contributed by atoms with E-state index in [0.29, 0.717) is 10.0 Å². The van der Waals surface area contributed by atoms with Crippen LogP contribution in [0.25, 0.3) is 0 Å². The molecule has 1 rings (SSSR count). The highest BCUT2D eigenvalue weighted by Gasteiger charge is 2.23. The highest BCUT2D eigenvalue weighted by molar-refractivity contribution is 9.10. The van der Waals surface area contributed by atoms with E-state index in [-0.39, 0.29) is 18.0 Å². The standard InChI is InChI=1S/C11H12BrN3O3/c1-7-3-8(12)4-9(15(16)17)10(7)18-6-11(2,14)5-13/h3-4H,6,14H2,1-2H3. The minimum absolute atomic E-state index is 0.118. The second kappa shape index (κ2) is 5.33. The lowest BCUT2D eigenvalue weighted by Crippen LogP contribution is -2.40. The SMILES string of the molecule is Cc1cc(Br)cc([N+](=O)[O-])c1OCC(C)(N)C#N. The summed E-state index contributed by atoms with van der Waals surface area (Å²) in [5.41, 5.74) is 4.86. The first-order valence-corrected chi connectivity index (χ1v) is 5.83. The van der Waals surface area contributed by atoms with Gasteiger partial charge in [-0.05, 0) is 25.5 Å². The molecule has 1 unspecified atom stereocenters. The number of hydrogen-bond donors (Lipinski definition) is 1. The number of ether oxygens (including phenoxy) is 1. The first kappa shape index (κ1) is 14.4. The summed E-state index contributed by atoms with van der Waals surface area (Å²) in [4.78, 5) is 10.4. The van der Waals surface area contributed by atoms with E-state index in [4.69, 9.17) is 15.7 Å². The summed E-state index contributed by atoms with van der Waals surface area (Å²) in [5, 5.41) is 19.7. The van der Waals surface area contributed by atoms with Crippen molar-refractivity contribution in [3.8, 4) is 11.8 Å². The maximum Gasteiger partial charge on any atom is 0.312 e. The van der Waals surface area contributed by atoms with Crippen LogP contribution in [0.3, 0.4) is 0 Å². The van der Waals surface area contributed by atoms with Gasteiger partial charge in [-0.15, -0.1) is 0 Å². The quantitative estimate of drug-likeness (QED) is 0.678. The molecule has 0 aromatic heterocycles. The van der Waals surface area contributed by atoms with Crippen LogP contribution in [-0.4, -0.2) is 17.1 Å². The van der Waals surface area contributed by atoms with Gasteiger partial charge in [0.2, 0.25) is 0 Å². The lowest BCUT2D eigenvalue weighted by Gasteiger charge is -2.17. The molecule has 0 saturated carbocycles. The van der Waals surface area contributed by atoms with Gasteiger partial charge in [0.1, 0.15) is 12.1 Å². The Morgan fingerprint density at radius 1 is 1.67 bits per heavy atom. The van der Waals surface area contributed by atoms with Crippen LogP contribution in [0.1, 0.15) is 12.5 Å². The number of nitrogens with two attached hydrogens (primary N) is 1. The van der Waals surface area contributed by atoms with Gasteiger partial charge in [-0.3, -0.25) is 10.1 Å². The molecular formula is C11H12BrN3O3. The Balaban J connectivity index is 3.09. The van der Waals surface area contributed by atoms with Gasteiger partial charge >= 0.3 is 5.69 Å². The summed E-state index contributed by atoms with van der Waals surface area (Å²) in [6, 6.07) is 4.91. The largest absolute Gasteiger partial charge is 0.484 e. The summed E-state index contributed by atoms with van der Waals surface area (Å²) in [6.07, 6.45) is 0. The highest BCUT2D eigenvalue weighted by Crippen LogP contribution is 2.34. The third-order valence-corrected chi connectivity index (χ3v) is 2.65. The molecule has 0 amide bonds. The zero-order valence-electron chi connectivity index (χ0n) is 9.94. The fourth-order valence-electron chi connectivity index (χ4n) is 1.29. The molecule has 0 radical (unpaired) electrons. The molecule has 7 heteroatoms. The molecule has 2 N–H and O–H groups in total. The van der Waals surface area contributed by atoms with Crippen LogP contribution in [0.5, 0.6) is 5.75 Å². The molecule has 0 spiro atoms. The minimum Gasteiger partial charge on any atom is -0.484 e. The summed E-state index contributed by atoms with van der Waals surface area (Å²) in [5.74, 6) is 0.134. The summed E-state index contributed by atoms with van der Waals surface area (Å²) < 4.78 is 5.92. The number of hydrogen-bond acceptors (Lipinski definition) is 5. The third-order valence-electron chi connectivity index (χ3n) is 2.19. The Morgan fingerprint density at radius 3 is 2.78 bits per heavy atom. The van der Waals surface area contributed by atoms with E-state index in [2.05, 4.69) is 15.9 Å². The van der Waals surface area contributed by atoms with Crippen molar-refractivity contribution >= 4 is 21.6 Å². The zero-order chi connectivity index (χ0) is 13.9. The normalized spacial score (nSPS) is 13.5. The maximum atomic E-state index is 10.9. The molecule has 0 aliphatic heterocycles. The zero-order valence-corrected chi connectivity index (χ0v) is 11.5. The van der Waals surface area contributed by atoms with E-state index < -0.39 is 10.5 Å².